The van der Waals surface area contributed by atoms with Gasteiger partial charge in [-0.1, -0.05) is 72.3 Å². The second-order valence-electron chi connectivity index (χ2n) is 6.59. The number of hydrogen-bond donors (Lipinski definition) is 1. The molecule has 0 bridgehead atoms. The highest BCUT2D eigenvalue weighted by Crippen LogP contribution is 2.25. The number of aromatic nitrogens is 2. The highest BCUT2D eigenvalue weighted by molar-refractivity contribution is 5.85. The van der Waals surface area contributed by atoms with Crippen molar-refractivity contribution >= 4 is 10.8 Å². The first kappa shape index (κ1) is 16.6. The fourth-order valence-corrected chi connectivity index (χ4v) is 3.25. The number of H-pyrrole nitrogens is 1. The third kappa shape index (κ3) is 3.68. The molecule has 4 aromatic rings. The lowest BCUT2D eigenvalue weighted by Gasteiger charge is -2.18. The van der Waals surface area contributed by atoms with Gasteiger partial charge in [-0.3, -0.25) is 0 Å². The fourth-order valence-electron chi connectivity index (χ4n) is 3.25. The number of benzene rings is 3. The topological polar surface area (TPSA) is 37.9 Å². The molecular weight excluding hydrogens is 320 g/mol. The van der Waals surface area contributed by atoms with Crippen LogP contribution in [-0.2, 0) is 17.8 Å². The summed E-state index contributed by atoms with van der Waals surface area (Å²) in [5.74, 6) is 0.938. The summed E-state index contributed by atoms with van der Waals surface area (Å²) < 4.78 is 6.38. The van der Waals surface area contributed by atoms with E-state index in [2.05, 4.69) is 83.6 Å². The van der Waals surface area contributed by atoms with Gasteiger partial charge in [0.1, 0.15) is 5.82 Å². The van der Waals surface area contributed by atoms with Crippen molar-refractivity contribution in [3.05, 3.63) is 102 Å². The van der Waals surface area contributed by atoms with Gasteiger partial charge in [0.15, 0.2) is 0 Å². The maximum absolute atomic E-state index is 6.38. The maximum Gasteiger partial charge on any atom is 0.108 e. The molecule has 0 spiro atoms. The molecule has 0 aliphatic carbocycles. The Morgan fingerprint density at radius 3 is 2.58 bits per heavy atom. The average molecular weight is 342 g/mol. The molecule has 1 N–H and O–H groups in total. The van der Waals surface area contributed by atoms with Gasteiger partial charge >= 0.3 is 0 Å². The monoisotopic (exact) mass is 342 g/mol. The molecular formula is C23H22N2O. The standard InChI is InChI=1S/C23H22N2O/c1-17-9-11-19(12-10-17)22(15-23-24-13-14-25-23)26-16-20-7-4-6-18-5-2-3-8-21(18)20/h2-14,22H,15-16H2,1H3,(H,24,25). The van der Waals surface area contributed by atoms with E-state index in [-0.39, 0.29) is 6.10 Å². The lowest BCUT2D eigenvalue weighted by molar-refractivity contribution is 0.0393. The average Bonchev–Trinajstić information content (AvgIpc) is 3.19. The van der Waals surface area contributed by atoms with Crippen LogP contribution in [0.15, 0.2) is 79.1 Å². The lowest BCUT2D eigenvalue weighted by atomic mass is 10.0. The van der Waals surface area contributed by atoms with Crippen LogP contribution >= 0.6 is 0 Å². The van der Waals surface area contributed by atoms with Gasteiger partial charge in [-0.05, 0) is 28.8 Å². The quantitative estimate of drug-likeness (QED) is 0.511. The zero-order chi connectivity index (χ0) is 17.8. The van der Waals surface area contributed by atoms with Crippen LogP contribution in [0, 0.1) is 6.92 Å². The van der Waals surface area contributed by atoms with Crippen molar-refractivity contribution in [3.63, 3.8) is 0 Å². The number of aromatic amines is 1. The number of ether oxygens (including phenoxy) is 1. The molecule has 3 aromatic carbocycles. The molecule has 1 heterocycles. The Kier molecular flexibility index (Phi) is 4.80. The van der Waals surface area contributed by atoms with Crippen LogP contribution in [0.3, 0.4) is 0 Å². The molecule has 0 radical (unpaired) electrons. The van der Waals surface area contributed by atoms with E-state index in [4.69, 9.17) is 4.74 Å². The smallest absolute Gasteiger partial charge is 0.108 e. The molecule has 130 valence electrons. The van der Waals surface area contributed by atoms with E-state index in [9.17, 15) is 0 Å². The summed E-state index contributed by atoms with van der Waals surface area (Å²) in [6.45, 7) is 2.67. The first-order valence-electron chi connectivity index (χ1n) is 8.92. The molecule has 0 saturated carbocycles. The molecule has 3 heteroatoms. The Bertz CT molecular complexity index is 969. The van der Waals surface area contributed by atoms with Crippen LogP contribution in [0.5, 0.6) is 0 Å². The van der Waals surface area contributed by atoms with Crippen LogP contribution in [0.1, 0.15) is 28.6 Å². The fraction of sp³-hybridized carbons (Fsp3) is 0.174. The predicted octanol–water partition coefficient (Wildman–Crippen LogP) is 5.37. The van der Waals surface area contributed by atoms with Gasteiger partial charge in [0.2, 0.25) is 0 Å². The van der Waals surface area contributed by atoms with E-state index >= 15 is 0 Å². The second kappa shape index (κ2) is 7.54. The van der Waals surface area contributed by atoms with Crippen LogP contribution in [0.2, 0.25) is 0 Å². The van der Waals surface area contributed by atoms with Gasteiger partial charge in [-0.15, -0.1) is 0 Å². The van der Waals surface area contributed by atoms with E-state index in [1.54, 1.807) is 6.20 Å². The van der Waals surface area contributed by atoms with Crippen molar-refractivity contribution in [3.8, 4) is 0 Å². The van der Waals surface area contributed by atoms with Gasteiger partial charge < -0.3 is 9.72 Å². The Morgan fingerprint density at radius 2 is 1.77 bits per heavy atom. The van der Waals surface area contributed by atoms with Crippen LogP contribution in [0.4, 0.5) is 0 Å². The molecule has 1 unspecified atom stereocenters. The maximum atomic E-state index is 6.38. The van der Waals surface area contributed by atoms with Gasteiger partial charge in [-0.25, -0.2) is 4.98 Å². The van der Waals surface area contributed by atoms with E-state index in [0.717, 1.165) is 12.2 Å². The summed E-state index contributed by atoms with van der Waals surface area (Å²) in [6.07, 6.45) is 4.32. The molecule has 0 fully saturated rings. The third-order valence-electron chi connectivity index (χ3n) is 4.70. The zero-order valence-electron chi connectivity index (χ0n) is 14.9. The molecule has 0 amide bonds. The van der Waals surface area contributed by atoms with Crippen LogP contribution in [0.25, 0.3) is 10.8 Å². The van der Waals surface area contributed by atoms with Crippen molar-refractivity contribution < 1.29 is 4.74 Å². The Morgan fingerprint density at radius 1 is 0.962 bits per heavy atom. The number of nitrogens with zero attached hydrogens (tertiary/aromatic N) is 1. The number of imidazole rings is 1. The summed E-state index contributed by atoms with van der Waals surface area (Å²) >= 11 is 0. The van der Waals surface area contributed by atoms with Crippen molar-refractivity contribution in [1.82, 2.24) is 9.97 Å². The van der Waals surface area contributed by atoms with Crippen LogP contribution < -0.4 is 0 Å². The minimum atomic E-state index is -0.0410. The van der Waals surface area contributed by atoms with E-state index in [1.165, 1.54) is 27.5 Å². The van der Waals surface area contributed by atoms with Gasteiger partial charge in [0, 0.05) is 18.8 Å². The molecule has 3 nitrogen and oxygen atoms in total. The molecule has 4 rings (SSSR count). The first-order valence-corrected chi connectivity index (χ1v) is 8.92. The molecule has 1 aromatic heterocycles. The van der Waals surface area contributed by atoms with Gasteiger partial charge in [-0.2, -0.15) is 0 Å². The molecule has 1 atom stereocenters. The van der Waals surface area contributed by atoms with E-state index in [0.29, 0.717) is 6.61 Å². The van der Waals surface area contributed by atoms with Crippen LogP contribution in [-0.4, -0.2) is 9.97 Å². The summed E-state index contributed by atoms with van der Waals surface area (Å²) in [5, 5.41) is 2.49. The first-order chi connectivity index (χ1) is 12.8. The highest BCUT2D eigenvalue weighted by atomic mass is 16.5. The normalized spacial score (nSPS) is 12.3. The Hall–Kier alpha value is -2.91. The van der Waals surface area contributed by atoms with Crippen molar-refractivity contribution in [2.75, 3.05) is 0 Å². The molecule has 0 aliphatic heterocycles. The third-order valence-corrected chi connectivity index (χ3v) is 4.70. The number of nitrogens with one attached hydrogen (secondary N) is 1. The van der Waals surface area contributed by atoms with Crippen molar-refractivity contribution in [2.45, 2.75) is 26.1 Å². The minimum absolute atomic E-state index is 0.0410. The minimum Gasteiger partial charge on any atom is -0.368 e. The second-order valence-corrected chi connectivity index (χ2v) is 6.59. The Labute approximate surface area is 153 Å². The lowest BCUT2D eigenvalue weighted by Crippen LogP contribution is -2.09. The van der Waals surface area contributed by atoms with E-state index in [1.807, 2.05) is 6.20 Å². The van der Waals surface area contributed by atoms with E-state index < -0.39 is 0 Å². The number of aryl methyl sites for hydroxylation is 1. The molecule has 26 heavy (non-hydrogen) atoms. The van der Waals surface area contributed by atoms with Crippen molar-refractivity contribution in [2.24, 2.45) is 0 Å². The number of rotatable bonds is 6. The molecule has 0 saturated heterocycles. The zero-order valence-corrected chi connectivity index (χ0v) is 14.9. The summed E-state index contributed by atoms with van der Waals surface area (Å²) in [5.41, 5.74) is 3.63. The van der Waals surface area contributed by atoms with Gasteiger partial charge in [0.25, 0.3) is 0 Å². The Balaban J connectivity index is 1.58. The summed E-state index contributed by atoms with van der Waals surface area (Å²) in [4.78, 5) is 7.55. The number of hydrogen-bond acceptors (Lipinski definition) is 2. The van der Waals surface area contributed by atoms with Gasteiger partial charge in [0.05, 0.1) is 12.7 Å². The largest absolute Gasteiger partial charge is 0.368 e. The SMILES string of the molecule is Cc1ccc(C(Cc2ncc[nH]2)OCc2cccc3ccccc23)cc1. The molecule has 0 aliphatic rings. The highest BCUT2D eigenvalue weighted by Gasteiger charge is 2.15. The summed E-state index contributed by atoms with van der Waals surface area (Å²) in [6, 6.07) is 23.4. The number of fused-ring (bicyclic) bond motifs is 1. The summed E-state index contributed by atoms with van der Waals surface area (Å²) in [7, 11) is 0. The predicted molar refractivity (Wildman–Crippen MR) is 105 cm³/mol. The van der Waals surface area contributed by atoms with Crippen molar-refractivity contribution in [1.29, 1.82) is 0 Å².